The van der Waals surface area contributed by atoms with E-state index >= 15 is 0 Å². The first-order valence-corrected chi connectivity index (χ1v) is 12.5. The first-order chi connectivity index (χ1) is 19.7. The van der Waals surface area contributed by atoms with E-state index in [1.165, 1.54) is 18.3 Å². The summed E-state index contributed by atoms with van der Waals surface area (Å²) < 4.78 is 126. The number of ether oxygens (including phenoxy) is 1. The van der Waals surface area contributed by atoms with Crippen LogP contribution in [0.25, 0.3) is 0 Å². The highest BCUT2D eigenvalue weighted by Crippen LogP contribution is 2.38. The maximum absolute atomic E-state index is 14.9. The number of nitrogens with one attached hydrogen (secondary N) is 1. The van der Waals surface area contributed by atoms with Crippen molar-refractivity contribution in [3.05, 3.63) is 130 Å². The predicted octanol–water partition coefficient (Wildman–Crippen LogP) is 8.54. The SMILES string of the molecule is Fc1cc(OC(F)(F)C(F)F)cc(C(Cc2ccccc2)(NCc2ccc(F)c(C(F)(F)F)c2)c2ccc(Cl)cn2)c1. The summed E-state index contributed by atoms with van der Waals surface area (Å²) in [6.07, 6.45) is -13.0. The van der Waals surface area contributed by atoms with Gasteiger partial charge in [0.2, 0.25) is 0 Å². The molecule has 222 valence electrons. The fourth-order valence-electron chi connectivity index (χ4n) is 4.35. The Morgan fingerprint density at radius 3 is 2.17 bits per heavy atom. The van der Waals surface area contributed by atoms with E-state index in [-0.39, 0.29) is 34.8 Å². The summed E-state index contributed by atoms with van der Waals surface area (Å²) >= 11 is 6.01. The minimum Gasteiger partial charge on any atom is -0.428 e. The van der Waals surface area contributed by atoms with Crippen molar-refractivity contribution in [1.29, 1.82) is 0 Å². The fourth-order valence-corrected chi connectivity index (χ4v) is 4.46. The molecule has 0 amide bonds. The molecule has 4 rings (SSSR count). The third-order valence-corrected chi connectivity index (χ3v) is 6.50. The number of nitrogens with zero attached hydrogens (tertiary/aromatic N) is 1. The van der Waals surface area contributed by atoms with Crippen LogP contribution >= 0.6 is 11.6 Å². The molecule has 0 fully saturated rings. The Morgan fingerprint density at radius 1 is 0.833 bits per heavy atom. The van der Waals surface area contributed by atoms with Crippen LogP contribution in [0.4, 0.5) is 39.5 Å². The van der Waals surface area contributed by atoms with Crippen molar-refractivity contribution in [2.75, 3.05) is 0 Å². The monoisotopic (exact) mass is 618 g/mol. The Bertz CT molecular complexity index is 1520. The molecule has 0 aliphatic carbocycles. The highest BCUT2D eigenvalue weighted by molar-refractivity contribution is 6.30. The van der Waals surface area contributed by atoms with E-state index in [0.717, 1.165) is 18.2 Å². The zero-order valence-corrected chi connectivity index (χ0v) is 22.0. The van der Waals surface area contributed by atoms with Gasteiger partial charge in [-0.3, -0.25) is 10.3 Å². The zero-order chi connectivity index (χ0) is 30.7. The molecule has 13 heteroatoms. The lowest BCUT2D eigenvalue weighted by Gasteiger charge is -2.36. The smallest absolute Gasteiger partial charge is 0.428 e. The van der Waals surface area contributed by atoms with Crippen LogP contribution in [0.5, 0.6) is 5.75 Å². The number of alkyl halides is 7. The van der Waals surface area contributed by atoms with Crippen molar-refractivity contribution < 1.29 is 44.3 Å². The molecule has 1 unspecified atom stereocenters. The van der Waals surface area contributed by atoms with Gasteiger partial charge in [0, 0.05) is 25.2 Å². The first kappa shape index (κ1) is 31.2. The average molecular weight is 619 g/mol. The van der Waals surface area contributed by atoms with Gasteiger partial charge < -0.3 is 4.74 Å². The Hall–Kier alpha value is -3.77. The van der Waals surface area contributed by atoms with E-state index < -0.39 is 47.2 Å². The Balaban J connectivity index is 1.90. The molecular weight excluding hydrogens is 599 g/mol. The van der Waals surface area contributed by atoms with Gasteiger partial charge >= 0.3 is 18.7 Å². The molecule has 0 spiro atoms. The van der Waals surface area contributed by atoms with Gasteiger partial charge in [0.05, 0.1) is 21.8 Å². The van der Waals surface area contributed by atoms with Crippen LogP contribution in [0.1, 0.15) is 27.9 Å². The van der Waals surface area contributed by atoms with E-state index in [2.05, 4.69) is 15.0 Å². The zero-order valence-electron chi connectivity index (χ0n) is 21.2. The molecule has 0 saturated heterocycles. The second kappa shape index (κ2) is 12.2. The fraction of sp³-hybridized carbons (Fsp3) is 0.207. The van der Waals surface area contributed by atoms with Gasteiger partial charge in [0.15, 0.2) is 0 Å². The van der Waals surface area contributed by atoms with Crippen molar-refractivity contribution in [1.82, 2.24) is 10.3 Å². The Morgan fingerprint density at radius 2 is 1.55 bits per heavy atom. The van der Waals surface area contributed by atoms with Gasteiger partial charge in [0.1, 0.15) is 17.4 Å². The second-order valence-corrected chi connectivity index (χ2v) is 9.67. The van der Waals surface area contributed by atoms with E-state index in [0.29, 0.717) is 23.8 Å². The summed E-state index contributed by atoms with van der Waals surface area (Å²) in [5, 5.41) is 3.23. The molecule has 1 aromatic heterocycles. The molecule has 0 saturated carbocycles. The van der Waals surface area contributed by atoms with Crippen LogP contribution in [-0.4, -0.2) is 17.5 Å². The van der Waals surface area contributed by atoms with Crippen LogP contribution in [0.2, 0.25) is 5.02 Å². The number of hydrogen-bond donors (Lipinski definition) is 1. The quantitative estimate of drug-likeness (QED) is 0.181. The molecule has 1 heterocycles. The third-order valence-electron chi connectivity index (χ3n) is 6.28. The minimum absolute atomic E-state index is 0.0350. The van der Waals surface area contributed by atoms with Crippen molar-refractivity contribution in [3.63, 3.8) is 0 Å². The highest BCUT2D eigenvalue weighted by atomic mass is 35.5. The van der Waals surface area contributed by atoms with Crippen LogP contribution in [0.3, 0.4) is 0 Å². The van der Waals surface area contributed by atoms with Crippen LogP contribution in [-0.2, 0) is 24.7 Å². The van der Waals surface area contributed by atoms with Crippen LogP contribution in [0.15, 0.2) is 85.1 Å². The van der Waals surface area contributed by atoms with E-state index in [4.69, 9.17) is 11.6 Å². The average Bonchev–Trinajstić information content (AvgIpc) is 2.91. The topological polar surface area (TPSA) is 34.1 Å². The first-order valence-electron chi connectivity index (χ1n) is 12.1. The second-order valence-electron chi connectivity index (χ2n) is 9.24. The minimum atomic E-state index is -5.00. The lowest BCUT2D eigenvalue weighted by Crippen LogP contribution is -2.46. The van der Waals surface area contributed by atoms with Gasteiger partial charge in [-0.2, -0.15) is 30.7 Å². The molecule has 1 N–H and O–H groups in total. The number of rotatable bonds is 10. The molecule has 0 aliphatic heterocycles. The summed E-state index contributed by atoms with van der Waals surface area (Å²) in [6, 6.07) is 15.9. The van der Waals surface area contributed by atoms with E-state index in [1.807, 2.05) is 0 Å². The molecule has 0 bridgehead atoms. The molecule has 0 radical (unpaired) electrons. The van der Waals surface area contributed by atoms with Gasteiger partial charge in [0.25, 0.3) is 0 Å². The lowest BCUT2D eigenvalue weighted by atomic mass is 9.80. The van der Waals surface area contributed by atoms with Gasteiger partial charge in [-0.25, -0.2) is 8.78 Å². The summed E-state index contributed by atoms with van der Waals surface area (Å²) in [5.41, 5.74) is -2.69. The Labute approximate surface area is 238 Å². The maximum atomic E-state index is 14.9. The third kappa shape index (κ3) is 7.16. The number of halogens is 10. The molecule has 4 aromatic rings. The predicted molar refractivity (Wildman–Crippen MR) is 136 cm³/mol. The summed E-state index contributed by atoms with van der Waals surface area (Å²) in [7, 11) is 0. The van der Waals surface area contributed by atoms with Gasteiger partial charge in [-0.05, 0) is 53.1 Å². The van der Waals surface area contributed by atoms with E-state index in [1.54, 1.807) is 30.3 Å². The lowest BCUT2D eigenvalue weighted by molar-refractivity contribution is -0.253. The van der Waals surface area contributed by atoms with Crippen LogP contribution in [0, 0.1) is 11.6 Å². The van der Waals surface area contributed by atoms with Gasteiger partial charge in [-0.1, -0.05) is 48.0 Å². The molecule has 1 atom stereocenters. The molecule has 3 nitrogen and oxygen atoms in total. The summed E-state index contributed by atoms with van der Waals surface area (Å²) in [6.45, 7) is -0.388. The van der Waals surface area contributed by atoms with E-state index in [9.17, 15) is 39.5 Å². The van der Waals surface area contributed by atoms with Gasteiger partial charge in [-0.15, -0.1) is 0 Å². The largest absolute Gasteiger partial charge is 0.461 e. The summed E-state index contributed by atoms with van der Waals surface area (Å²) in [4.78, 5) is 4.30. The van der Waals surface area contributed by atoms with Crippen molar-refractivity contribution in [2.24, 2.45) is 0 Å². The molecular formula is C29H20ClF9N2O. The maximum Gasteiger partial charge on any atom is 0.461 e. The molecule has 0 aliphatic rings. The van der Waals surface area contributed by atoms with Crippen LogP contribution < -0.4 is 10.1 Å². The number of benzene rings is 3. The van der Waals surface area contributed by atoms with Crippen molar-refractivity contribution in [2.45, 2.75) is 37.2 Å². The normalized spacial score (nSPS) is 13.7. The summed E-state index contributed by atoms with van der Waals surface area (Å²) in [5.74, 6) is -3.57. The van der Waals surface area contributed by atoms with Crippen molar-refractivity contribution >= 4 is 11.6 Å². The molecule has 42 heavy (non-hydrogen) atoms. The highest BCUT2D eigenvalue weighted by Gasteiger charge is 2.45. The number of aromatic nitrogens is 1. The standard InChI is InChI=1S/C29H20ClF9N2O/c30-20-7-9-25(40-16-20)27(14-17-4-2-1-3-5-17,41-15-18-6-8-24(32)23(10-18)28(35,36)37)19-11-21(31)13-22(12-19)42-29(38,39)26(33)34/h1-13,16,26,41H,14-15H2. The number of pyridine rings is 1. The molecule has 3 aromatic carbocycles. The number of hydrogen-bond acceptors (Lipinski definition) is 3. The Kier molecular flexibility index (Phi) is 9.07. The van der Waals surface area contributed by atoms with Crippen molar-refractivity contribution in [3.8, 4) is 5.75 Å².